The van der Waals surface area contributed by atoms with Gasteiger partial charge in [-0.2, -0.15) is 0 Å². The van der Waals surface area contributed by atoms with Crippen molar-refractivity contribution in [2.45, 2.75) is 46.1 Å². The summed E-state index contributed by atoms with van der Waals surface area (Å²) >= 11 is 0. The fourth-order valence-corrected chi connectivity index (χ4v) is 2.42. The van der Waals surface area contributed by atoms with Gasteiger partial charge in [-0.15, -0.1) is 0 Å². The fourth-order valence-electron chi connectivity index (χ4n) is 2.42. The number of hydrogen-bond donors (Lipinski definition) is 2. The van der Waals surface area contributed by atoms with E-state index in [1.807, 2.05) is 19.1 Å². The second-order valence-corrected chi connectivity index (χ2v) is 5.74. The van der Waals surface area contributed by atoms with E-state index in [9.17, 15) is 9.59 Å². The molecule has 1 saturated carbocycles. The standard InChI is InChI=1S/C17H25N3O2/c1-4-20(5-2)14-8-9-15(12(3)10-14)19-17(22)11-16(21)18-13-6-7-13/h8-10,13H,4-7,11H2,1-3H3,(H,18,21)(H,19,22). The van der Waals surface area contributed by atoms with Crippen LogP contribution in [0.25, 0.3) is 0 Å². The Labute approximate surface area is 132 Å². The first-order valence-electron chi connectivity index (χ1n) is 7.98. The number of carbonyl (C=O) groups is 2. The third kappa shape index (κ3) is 4.48. The van der Waals surface area contributed by atoms with E-state index in [2.05, 4.69) is 35.4 Å². The molecule has 0 aliphatic heterocycles. The molecule has 5 heteroatoms. The highest BCUT2D eigenvalue weighted by Gasteiger charge is 2.24. The normalized spacial score (nSPS) is 13.6. The van der Waals surface area contributed by atoms with E-state index in [0.717, 1.165) is 42.9 Å². The highest BCUT2D eigenvalue weighted by Crippen LogP contribution is 2.23. The summed E-state index contributed by atoms with van der Waals surface area (Å²) in [4.78, 5) is 25.8. The molecule has 1 aliphatic carbocycles. The predicted molar refractivity (Wildman–Crippen MR) is 89.2 cm³/mol. The molecule has 1 aromatic rings. The number of nitrogens with zero attached hydrogens (tertiary/aromatic N) is 1. The maximum absolute atomic E-state index is 11.9. The molecular weight excluding hydrogens is 278 g/mol. The first kappa shape index (κ1) is 16.3. The Hall–Kier alpha value is -2.04. The summed E-state index contributed by atoms with van der Waals surface area (Å²) in [6, 6.07) is 6.25. The van der Waals surface area contributed by atoms with E-state index in [-0.39, 0.29) is 24.3 Å². The number of benzene rings is 1. The molecule has 22 heavy (non-hydrogen) atoms. The lowest BCUT2D eigenvalue weighted by Gasteiger charge is -2.22. The molecule has 0 heterocycles. The largest absolute Gasteiger partial charge is 0.372 e. The quantitative estimate of drug-likeness (QED) is 0.761. The van der Waals surface area contributed by atoms with Crippen LogP contribution in [0.2, 0.25) is 0 Å². The van der Waals surface area contributed by atoms with E-state index >= 15 is 0 Å². The summed E-state index contributed by atoms with van der Waals surface area (Å²) in [5.41, 5.74) is 2.91. The van der Waals surface area contributed by atoms with E-state index in [1.165, 1.54) is 0 Å². The zero-order valence-electron chi connectivity index (χ0n) is 13.6. The van der Waals surface area contributed by atoms with Crippen LogP contribution in [0.1, 0.15) is 38.7 Å². The van der Waals surface area contributed by atoms with Crippen LogP contribution < -0.4 is 15.5 Å². The highest BCUT2D eigenvalue weighted by molar-refractivity contribution is 6.04. The van der Waals surface area contributed by atoms with Gasteiger partial charge in [-0.3, -0.25) is 9.59 Å². The van der Waals surface area contributed by atoms with Crippen molar-refractivity contribution >= 4 is 23.2 Å². The molecular formula is C17H25N3O2. The minimum absolute atomic E-state index is 0.117. The van der Waals surface area contributed by atoms with Gasteiger partial charge in [0, 0.05) is 30.5 Å². The van der Waals surface area contributed by atoms with Gasteiger partial charge >= 0.3 is 0 Å². The summed E-state index contributed by atoms with van der Waals surface area (Å²) in [5.74, 6) is -0.464. The topological polar surface area (TPSA) is 61.4 Å². The van der Waals surface area contributed by atoms with Crippen molar-refractivity contribution < 1.29 is 9.59 Å². The molecule has 1 aromatic carbocycles. The first-order valence-corrected chi connectivity index (χ1v) is 7.98. The van der Waals surface area contributed by atoms with Crippen LogP contribution in [0, 0.1) is 6.92 Å². The first-order chi connectivity index (χ1) is 10.5. The van der Waals surface area contributed by atoms with Crippen LogP contribution in [-0.4, -0.2) is 30.9 Å². The maximum atomic E-state index is 11.9. The Morgan fingerprint density at radius 1 is 1.18 bits per heavy atom. The summed E-state index contributed by atoms with van der Waals surface area (Å²) in [6.07, 6.45) is 1.94. The third-order valence-electron chi connectivity index (χ3n) is 3.88. The van der Waals surface area contributed by atoms with Gasteiger partial charge in [-0.05, 0) is 57.4 Å². The molecule has 2 rings (SSSR count). The maximum Gasteiger partial charge on any atom is 0.233 e. The molecule has 120 valence electrons. The second-order valence-electron chi connectivity index (χ2n) is 5.74. The molecule has 0 radical (unpaired) electrons. The number of hydrogen-bond acceptors (Lipinski definition) is 3. The molecule has 1 aliphatic rings. The number of nitrogens with one attached hydrogen (secondary N) is 2. The minimum atomic E-state index is -0.267. The van der Waals surface area contributed by atoms with Gasteiger partial charge in [-0.1, -0.05) is 0 Å². The van der Waals surface area contributed by atoms with Gasteiger partial charge in [-0.25, -0.2) is 0 Å². The highest BCUT2D eigenvalue weighted by atomic mass is 16.2. The summed E-state index contributed by atoms with van der Waals surface area (Å²) in [7, 11) is 0. The average Bonchev–Trinajstić information content (AvgIpc) is 3.26. The summed E-state index contributed by atoms with van der Waals surface area (Å²) in [6.45, 7) is 8.10. The van der Waals surface area contributed by atoms with Gasteiger partial charge in [0.2, 0.25) is 11.8 Å². The van der Waals surface area contributed by atoms with Crippen LogP contribution in [-0.2, 0) is 9.59 Å². The van der Waals surface area contributed by atoms with E-state index in [1.54, 1.807) is 0 Å². The molecule has 1 fully saturated rings. The smallest absolute Gasteiger partial charge is 0.233 e. The van der Waals surface area contributed by atoms with Gasteiger partial charge < -0.3 is 15.5 Å². The van der Waals surface area contributed by atoms with Crippen LogP contribution in [0.15, 0.2) is 18.2 Å². The minimum Gasteiger partial charge on any atom is -0.372 e. The lowest BCUT2D eigenvalue weighted by molar-refractivity contribution is -0.126. The second kappa shape index (κ2) is 7.29. The number of anilines is 2. The number of carbonyl (C=O) groups excluding carboxylic acids is 2. The molecule has 0 aromatic heterocycles. The van der Waals surface area contributed by atoms with E-state index < -0.39 is 0 Å². The van der Waals surface area contributed by atoms with Crippen molar-refractivity contribution in [2.75, 3.05) is 23.3 Å². The number of aryl methyl sites for hydroxylation is 1. The van der Waals surface area contributed by atoms with Crippen molar-refractivity contribution in [3.05, 3.63) is 23.8 Å². The van der Waals surface area contributed by atoms with Gasteiger partial charge in [0.1, 0.15) is 6.42 Å². The SMILES string of the molecule is CCN(CC)c1ccc(NC(=O)CC(=O)NC2CC2)c(C)c1. The van der Waals surface area contributed by atoms with Crippen molar-refractivity contribution in [1.29, 1.82) is 0 Å². The zero-order chi connectivity index (χ0) is 16.1. The molecule has 2 N–H and O–H groups in total. The molecule has 0 bridgehead atoms. The van der Waals surface area contributed by atoms with Crippen LogP contribution >= 0.6 is 0 Å². The molecule has 0 spiro atoms. The Kier molecular flexibility index (Phi) is 5.41. The van der Waals surface area contributed by atoms with Crippen LogP contribution in [0.4, 0.5) is 11.4 Å². The molecule has 2 amide bonds. The van der Waals surface area contributed by atoms with E-state index in [0.29, 0.717) is 0 Å². The summed E-state index contributed by atoms with van der Waals surface area (Å²) < 4.78 is 0. The predicted octanol–water partition coefficient (Wildman–Crippen LogP) is 2.45. The van der Waals surface area contributed by atoms with Crippen molar-refractivity contribution in [2.24, 2.45) is 0 Å². The Morgan fingerprint density at radius 3 is 2.41 bits per heavy atom. The summed E-state index contributed by atoms with van der Waals surface area (Å²) in [5, 5.41) is 5.64. The Bertz CT molecular complexity index is 549. The Morgan fingerprint density at radius 2 is 1.86 bits per heavy atom. The monoisotopic (exact) mass is 303 g/mol. The number of rotatable bonds is 7. The van der Waals surface area contributed by atoms with Gasteiger partial charge in [0.15, 0.2) is 0 Å². The molecule has 0 atom stereocenters. The van der Waals surface area contributed by atoms with Crippen molar-refractivity contribution in [3.63, 3.8) is 0 Å². The fraction of sp³-hybridized carbons (Fsp3) is 0.529. The van der Waals surface area contributed by atoms with E-state index in [4.69, 9.17) is 0 Å². The van der Waals surface area contributed by atoms with Crippen molar-refractivity contribution in [3.8, 4) is 0 Å². The molecule has 0 saturated heterocycles. The number of amides is 2. The lowest BCUT2D eigenvalue weighted by Crippen LogP contribution is -2.29. The zero-order valence-corrected chi connectivity index (χ0v) is 13.6. The average molecular weight is 303 g/mol. The lowest BCUT2D eigenvalue weighted by atomic mass is 10.1. The van der Waals surface area contributed by atoms with Gasteiger partial charge in [0.25, 0.3) is 0 Å². The van der Waals surface area contributed by atoms with Gasteiger partial charge in [0.05, 0.1) is 0 Å². The van der Waals surface area contributed by atoms with Crippen molar-refractivity contribution in [1.82, 2.24) is 5.32 Å². The molecule has 0 unspecified atom stereocenters. The Balaban J connectivity index is 1.94. The van der Waals surface area contributed by atoms with Crippen LogP contribution in [0.3, 0.4) is 0 Å². The van der Waals surface area contributed by atoms with Crippen LogP contribution in [0.5, 0.6) is 0 Å². The molecule has 5 nitrogen and oxygen atoms in total. The third-order valence-corrected chi connectivity index (χ3v) is 3.88.